The van der Waals surface area contributed by atoms with Crippen LogP contribution in [0.25, 0.3) is 10.9 Å². The van der Waals surface area contributed by atoms with Crippen molar-refractivity contribution < 1.29 is 19.1 Å². The maximum absolute atomic E-state index is 13.0. The summed E-state index contributed by atoms with van der Waals surface area (Å²) in [5.74, 6) is -0.579. The topological polar surface area (TPSA) is 112 Å². The summed E-state index contributed by atoms with van der Waals surface area (Å²) in [7, 11) is 1.53. The molecule has 0 bridgehead atoms. The summed E-state index contributed by atoms with van der Waals surface area (Å²) in [5, 5.41) is 9.06. The van der Waals surface area contributed by atoms with Gasteiger partial charge in [0.2, 0.25) is 11.8 Å². The standard InChI is InChI=1S/C23H34N4O4/c1-14(2)11-18(27-22(30)31-23(3,4)5)21(29)26-19(20(28)24-6)12-15-13-25-17-10-8-7-9-16(15)17/h7-10,13-14,18-19,25H,11-12H2,1-6H3,(H,24,28)(H,26,29)(H,27,30)/t18-,19-/m0/s1. The molecule has 8 nitrogen and oxygen atoms in total. The molecule has 2 aromatic rings. The number of aromatic nitrogens is 1. The minimum atomic E-state index is -0.815. The maximum Gasteiger partial charge on any atom is 0.408 e. The van der Waals surface area contributed by atoms with Gasteiger partial charge in [-0.1, -0.05) is 32.0 Å². The third kappa shape index (κ3) is 7.31. The number of fused-ring (bicyclic) bond motifs is 1. The molecule has 0 saturated heterocycles. The van der Waals surface area contributed by atoms with Crippen LogP contribution >= 0.6 is 0 Å². The van der Waals surface area contributed by atoms with Crippen LogP contribution in [0.5, 0.6) is 0 Å². The van der Waals surface area contributed by atoms with E-state index in [9.17, 15) is 14.4 Å². The molecule has 2 atom stereocenters. The summed E-state index contributed by atoms with van der Waals surface area (Å²) in [6.45, 7) is 9.19. The van der Waals surface area contributed by atoms with E-state index in [0.717, 1.165) is 16.5 Å². The van der Waals surface area contributed by atoms with Crippen LogP contribution in [-0.4, -0.2) is 47.6 Å². The van der Waals surface area contributed by atoms with Gasteiger partial charge in [0.25, 0.3) is 0 Å². The first-order chi connectivity index (χ1) is 14.5. The first kappa shape index (κ1) is 24.2. The predicted octanol–water partition coefficient (Wildman–Crippen LogP) is 2.88. The zero-order valence-electron chi connectivity index (χ0n) is 19.2. The Labute approximate surface area is 183 Å². The Hall–Kier alpha value is -3.03. The Kier molecular flexibility index (Phi) is 8.08. The molecule has 1 aromatic carbocycles. The number of nitrogens with one attached hydrogen (secondary N) is 4. The highest BCUT2D eigenvalue weighted by atomic mass is 16.6. The summed E-state index contributed by atoms with van der Waals surface area (Å²) in [5.41, 5.74) is 1.21. The lowest BCUT2D eigenvalue weighted by molar-refractivity contribution is -0.130. The number of H-pyrrole nitrogens is 1. The van der Waals surface area contributed by atoms with Crippen LogP contribution < -0.4 is 16.0 Å². The second-order valence-electron chi connectivity index (χ2n) is 9.07. The van der Waals surface area contributed by atoms with Crippen LogP contribution in [0.2, 0.25) is 0 Å². The van der Waals surface area contributed by atoms with Crippen LogP contribution in [-0.2, 0) is 20.7 Å². The highest BCUT2D eigenvalue weighted by Gasteiger charge is 2.29. The molecule has 0 saturated carbocycles. The molecular weight excluding hydrogens is 396 g/mol. The predicted molar refractivity (Wildman–Crippen MR) is 121 cm³/mol. The van der Waals surface area contributed by atoms with Gasteiger partial charge in [-0.3, -0.25) is 9.59 Å². The van der Waals surface area contributed by atoms with Crippen LogP contribution in [0.3, 0.4) is 0 Å². The van der Waals surface area contributed by atoms with Crippen LogP contribution in [0, 0.1) is 5.92 Å². The SMILES string of the molecule is CNC(=O)[C@H](Cc1c[nH]c2ccccc12)NC(=O)[C@H](CC(C)C)NC(=O)OC(C)(C)C. The number of benzene rings is 1. The lowest BCUT2D eigenvalue weighted by atomic mass is 10.0. The maximum atomic E-state index is 13.0. The van der Waals surface area contributed by atoms with Crippen molar-refractivity contribution in [2.45, 2.75) is 65.1 Å². The van der Waals surface area contributed by atoms with E-state index in [-0.39, 0.29) is 11.8 Å². The molecule has 0 fully saturated rings. The molecule has 0 aliphatic rings. The van der Waals surface area contributed by atoms with Gasteiger partial charge in [-0.25, -0.2) is 4.79 Å². The van der Waals surface area contributed by atoms with E-state index in [1.807, 2.05) is 44.3 Å². The molecule has 8 heteroatoms. The Morgan fingerprint density at radius 3 is 2.32 bits per heavy atom. The van der Waals surface area contributed by atoms with Crippen molar-refractivity contribution >= 4 is 28.8 Å². The van der Waals surface area contributed by atoms with Gasteiger partial charge in [0.15, 0.2) is 0 Å². The number of amides is 3. The number of alkyl carbamates (subject to hydrolysis) is 1. The van der Waals surface area contributed by atoms with Gasteiger partial charge >= 0.3 is 6.09 Å². The molecule has 2 rings (SSSR count). The highest BCUT2D eigenvalue weighted by Crippen LogP contribution is 2.19. The molecule has 1 aromatic heterocycles. The van der Waals surface area contributed by atoms with Gasteiger partial charge in [-0.2, -0.15) is 0 Å². The average Bonchev–Trinajstić information content (AvgIpc) is 3.07. The molecule has 0 spiro atoms. The van der Waals surface area contributed by atoms with E-state index in [1.165, 1.54) is 7.05 Å². The summed E-state index contributed by atoms with van der Waals surface area (Å²) in [4.78, 5) is 41.0. The number of likely N-dealkylation sites (N-methyl/N-ethyl adjacent to an activating group) is 1. The van der Waals surface area contributed by atoms with Crippen molar-refractivity contribution in [3.05, 3.63) is 36.0 Å². The molecular formula is C23H34N4O4. The number of carbonyl (C=O) groups is 3. The lowest BCUT2D eigenvalue weighted by Crippen LogP contribution is -2.54. The van der Waals surface area contributed by atoms with Crippen molar-refractivity contribution in [2.24, 2.45) is 5.92 Å². The number of ether oxygens (including phenoxy) is 1. The molecule has 170 valence electrons. The van der Waals surface area contributed by atoms with Crippen LogP contribution in [0.15, 0.2) is 30.5 Å². The molecule has 0 aliphatic heterocycles. The second-order valence-corrected chi connectivity index (χ2v) is 9.07. The van der Waals surface area contributed by atoms with E-state index < -0.39 is 29.7 Å². The molecule has 4 N–H and O–H groups in total. The quantitative estimate of drug-likeness (QED) is 0.516. The third-order valence-corrected chi connectivity index (χ3v) is 4.69. The molecule has 1 heterocycles. The van der Waals surface area contributed by atoms with Crippen molar-refractivity contribution in [3.8, 4) is 0 Å². The van der Waals surface area contributed by atoms with Crippen molar-refractivity contribution in [1.82, 2.24) is 20.9 Å². The fourth-order valence-corrected chi connectivity index (χ4v) is 3.33. The van der Waals surface area contributed by atoms with Crippen molar-refractivity contribution in [1.29, 1.82) is 0 Å². The van der Waals surface area contributed by atoms with Gasteiger partial charge in [0, 0.05) is 30.6 Å². The molecule has 0 unspecified atom stereocenters. The summed E-state index contributed by atoms with van der Waals surface area (Å²) >= 11 is 0. The monoisotopic (exact) mass is 430 g/mol. The smallest absolute Gasteiger partial charge is 0.408 e. The van der Waals surface area contributed by atoms with Crippen molar-refractivity contribution in [2.75, 3.05) is 7.05 Å². The van der Waals surface area contributed by atoms with E-state index in [4.69, 9.17) is 4.74 Å². The number of rotatable bonds is 8. The minimum absolute atomic E-state index is 0.151. The molecule has 31 heavy (non-hydrogen) atoms. The van der Waals surface area contributed by atoms with Crippen LogP contribution in [0.4, 0.5) is 4.79 Å². The lowest BCUT2D eigenvalue weighted by Gasteiger charge is -2.26. The normalized spacial score (nSPS) is 13.5. The van der Waals surface area contributed by atoms with Gasteiger partial charge in [-0.05, 0) is 44.7 Å². The summed E-state index contributed by atoms with van der Waals surface area (Å²) in [6.07, 6.45) is 1.91. The zero-order chi connectivity index (χ0) is 23.2. The van der Waals surface area contributed by atoms with Crippen molar-refractivity contribution in [3.63, 3.8) is 0 Å². The van der Waals surface area contributed by atoms with Gasteiger partial charge in [0.1, 0.15) is 17.7 Å². The highest BCUT2D eigenvalue weighted by molar-refractivity contribution is 5.92. The molecule has 0 radical (unpaired) electrons. The fraction of sp³-hybridized carbons (Fsp3) is 0.522. The Morgan fingerprint density at radius 1 is 1.03 bits per heavy atom. The van der Waals surface area contributed by atoms with E-state index >= 15 is 0 Å². The van der Waals surface area contributed by atoms with Gasteiger partial charge in [-0.15, -0.1) is 0 Å². The average molecular weight is 431 g/mol. The molecule has 0 aliphatic carbocycles. The van der Waals surface area contributed by atoms with Gasteiger partial charge < -0.3 is 25.7 Å². The number of hydrogen-bond acceptors (Lipinski definition) is 4. The molecule has 3 amide bonds. The third-order valence-electron chi connectivity index (χ3n) is 4.69. The second kappa shape index (κ2) is 10.3. The number of carbonyl (C=O) groups excluding carboxylic acids is 3. The van der Waals surface area contributed by atoms with E-state index in [1.54, 1.807) is 20.8 Å². The Balaban J connectivity index is 2.17. The van der Waals surface area contributed by atoms with E-state index in [2.05, 4.69) is 20.9 Å². The summed E-state index contributed by atoms with van der Waals surface area (Å²) < 4.78 is 5.29. The summed E-state index contributed by atoms with van der Waals surface area (Å²) in [6, 6.07) is 6.18. The first-order valence-electron chi connectivity index (χ1n) is 10.6. The fourth-order valence-electron chi connectivity index (χ4n) is 3.33. The largest absolute Gasteiger partial charge is 0.444 e. The number of para-hydroxylation sites is 1. The van der Waals surface area contributed by atoms with Gasteiger partial charge in [0.05, 0.1) is 0 Å². The number of hydrogen-bond donors (Lipinski definition) is 4. The Bertz CT molecular complexity index is 914. The zero-order valence-corrected chi connectivity index (χ0v) is 19.2. The Morgan fingerprint density at radius 2 is 1.71 bits per heavy atom. The van der Waals surface area contributed by atoms with E-state index in [0.29, 0.717) is 12.8 Å². The number of aromatic amines is 1. The minimum Gasteiger partial charge on any atom is -0.444 e. The first-order valence-corrected chi connectivity index (χ1v) is 10.6. The van der Waals surface area contributed by atoms with Crippen LogP contribution in [0.1, 0.15) is 46.6 Å².